The van der Waals surface area contributed by atoms with Crippen molar-refractivity contribution in [1.82, 2.24) is 14.3 Å². The Kier molecular flexibility index (Phi) is 4.19. The number of carbonyl (C=O) groups is 1. The minimum atomic E-state index is -0.682. The highest BCUT2D eigenvalue weighted by Gasteiger charge is 2.13. The largest absolute Gasteiger partial charge is 0.437 e. The van der Waals surface area contributed by atoms with Gasteiger partial charge in [0.2, 0.25) is 0 Å². The van der Waals surface area contributed by atoms with E-state index in [1.54, 1.807) is 17.9 Å². The maximum atomic E-state index is 11.8. The highest BCUT2D eigenvalue weighted by Crippen LogP contribution is 2.19. The molecule has 2 heterocycles. The summed E-state index contributed by atoms with van der Waals surface area (Å²) >= 11 is 0. The van der Waals surface area contributed by atoms with E-state index >= 15 is 0 Å². The minimum Gasteiger partial charge on any atom is -0.307 e. The summed E-state index contributed by atoms with van der Waals surface area (Å²) in [6.45, 7) is 0. The van der Waals surface area contributed by atoms with Crippen LogP contribution >= 0.6 is 0 Å². The van der Waals surface area contributed by atoms with Crippen molar-refractivity contribution >= 4 is 18.0 Å². The van der Waals surface area contributed by atoms with Crippen molar-refractivity contribution in [3.8, 4) is 5.82 Å². The van der Waals surface area contributed by atoms with Crippen LogP contribution in [0.4, 0.5) is 10.5 Å². The molecule has 0 spiro atoms. The normalized spacial score (nSPS) is 10.8. The molecule has 23 heavy (non-hydrogen) atoms. The van der Waals surface area contributed by atoms with E-state index in [4.69, 9.17) is 4.84 Å². The van der Waals surface area contributed by atoms with Crippen molar-refractivity contribution in [1.29, 1.82) is 0 Å². The number of rotatable bonds is 4. The van der Waals surface area contributed by atoms with Crippen LogP contribution in [0.1, 0.15) is 5.56 Å². The molecule has 0 fully saturated rings. The standard InChI is InChI=1S/C16H15N5O2/c1-20-15(21-9-5-6-10-21)14(12-17-20)19-16(22)23-18-11-13-7-3-2-4-8-13/h2-12H,1H3,(H,19,22)/b18-11+. The van der Waals surface area contributed by atoms with Crippen LogP contribution in [0, 0.1) is 0 Å². The van der Waals surface area contributed by atoms with Gasteiger partial charge >= 0.3 is 6.09 Å². The number of nitrogens with one attached hydrogen (secondary N) is 1. The van der Waals surface area contributed by atoms with Gasteiger partial charge in [0.15, 0.2) is 5.82 Å². The van der Waals surface area contributed by atoms with Crippen molar-refractivity contribution in [2.75, 3.05) is 5.32 Å². The van der Waals surface area contributed by atoms with Crippen molar-refractivity contribution in [2.45, 2.75) is 0 Å². The van der Waals surface area contributed by atoms with Crippen LogP contribution in [0.2, 0.25) is 0 Å². The average Bonchev–Trinajstić information content (AvgIpc) is 3.18. The number of hydrogen-bond acceptors (Lipinski definition) is 4. The lowest BCUT2D eigenvalue weighted by Crippen LogP contribution is -2.13. The molecule has 0 aliphatic rings. The quantitative estimate of drug-likeness (QED) is 0.457. The molecule has 0 aliphatic heterocycles. The van der Waals surface area contributed by atoms with Gasteiger partial charge in [0.1, 0.15) is 5.69 Å². The van der Waals surface area contributed by atoms with Crippen LogP contribution in [0.25, 0.3) is 5.82 Å². The van der Waals surface area contributed by atoms with Gasteiger partial charge in [-0.05, 0) is 17.7 Å². The first-order valence-electron chi connectivity index (χ1n) is 6.96. The zero-order valence-corrected chi connectivity index (χ0v) is 12.5. The van der Waals surface area contributed by atoms with E-state index in [1.165, 1.54) is 6.21 Å². The molecule has 0 saturated heterocycles. The molecule has 0 unspecified atom stereocenters. The molecule has 0 radical (unpaired) electrons. The van der Waals surface area contributed by atoms with Crippen LogP contribution in [0.3, 0.4) is 0 Å². The summed E-state index contributed by atoms with van der Waals surface area (Å²) in [5, 5.41) is 10.4. The second kappa shape index (κ2) is 6.61. The van der Waals surface area contributed by atoms with Gasteiger partial charge in [0.25, 0.3) is 0 Å². The van der Waals surface area contributed by atoms with Crippen LogP contribution < -0.4 is 5.32 Å². The Morgan fingerprint density at radius 2 is 1.96 bits per heavy atom. The molecule has 0 aliphatic carbocycles. The second-order valence-electron chi connectivity index (χ2n) is 4.74. The Balaban J connectivity index is 1.66. The Labute approximate surface area is 132 Å². The Morgan fingerprint density at radius 3 is 2.70 bits per heavy atom. The van der Waals surface area contributed by atoms with E-state index < -0.39 is 6.09 Å². The summed E-state index contributed by atoms with van der Waals surface area (Å²) in [6.07, 6.45) is 6.06. The van der Waals surface area contributed by atoms with E-state index in [0.717, 1.165) is 11.4 Å². The van der Waals surface area contributed by atoms with Crippen molar-refractivity contribution in [2.24, 2.45) is 12.2 Å². The van der Waals surface area contributed by atoms with Gasteiger partial charge in [0, 0.05) is 19.4 Å². The van der Waals surface area contributed by atoms with Gasteiger partial charge in [-0.1, -0.05) is 35.5 Å². The minimum absolute atomic E-state index is 0.531. The van der Waals surface area contributed by atoms with E-state index in [0.29, 0.717) is 5.69 Å². The Bertz CT molecular complexity index is 806. The van der Waals surface area contributed by atoms with Crippen molar-refractivity contribution in [3.05, 3.63) is 66.6 Å². The predicted octanol–water partition coefficient (Wildman–Crippen LogP) is 2.79. The third-order valence-corrected chi connectivity index (χ3v) is 3.13. The number of nitrogens with zero attached hydrogens (tertiary/aromatic N) is 4. The molecule has 1 N–H and O–H groups in total. The number of aryl methyl sites for hydroxylation is 1. The van der Waals surface area contributed by atoms with Gasteiger partial charge in [0.05, 0.1) is 12.4 Å². The maximum absolute atomic E-state index is 11.8. The van der Waals surface area contributed by atoms with Crippen LogP contribution in [0.15, 0.2) is 66.2 Å². The van der Waals surface area contributed by atoms with Gasteiger partial charge in [-0.15, -0.1) is 0 Å². The number of amides is 1. The van der Waals surface area contributed by atoms with Crippen LogP contribution in [0.5, 0.6) is 0 Å². The molecule has 1 aromatic carbocycles. The predicted molar refractivity (Wildman–Crippen MR) is 86.7 cm³/mol. The summed E-state index contributed by atoms with van der Waals surface area (Å²) in [6, 6.07) is 13.1. The van der Waals surface area contributed by atoms with E-state index in [2.05, 4.69) is 15.6 Å². The fourth-order valence-electron chi connectivity index (χ4n) is 2.11. The zero-order chi connectivity index (χ0) is 16.1. The number of benzene rings is 1. The molecule has 3 aromatic rings. The lowest BCUT2D eigenvalue weighted by molar-refractivity contribution is 0.167. The highest BCUT2D eigenvalue weighted by atomic mass is 16.7. The molecule has 0 bridgehead atoms. The summed E-state index contributed by atoms with van der Waals surface area (Å²) in [7, 11) is 1.79. The highest BCUT2D eigenvalue weighted by molar-refractivity contribution is 5.87. The van der Waals surface area contributed by atoms with Crippen LogP contribution in [-0.2, 0) is 11.9 Å². The molecule has 2 aromatic heterocycles. The fourth-order valence-corrected chi connectivity index (χ4v) is 2.11. The smallest absolute Gasteiger partial charge is 0.307 e. The molecule has 116 valence electrons. The first-order valence-corrected chi connectivity index (χ1v) is 6.96. The van der Waals surface area contributed by atoms with Crippen molar-refractivity contribution < 1.29 is 9.63 Å². The van der Waals surface area contributed by atoms with E-state index in [-0.39, 0.29) is 0 Å². The summed E-state index contributed by atoms with van der Waals surface area (Å²) in [5.41, 5.74) is 1.37. The SMILES string of the molecule is Cn1ncc(NC(=O)O/N=C/c2ccccc2)c1-n1cccc1. The number of hydrogen-bond donors (Lipinski definition) is 1. The lowest BCUT2D eigenvalue weighted by Gasteiger charge is -2.07. The summed E-state index contributed by atoms with van der Waals surface area (Å²) in [5.74, 6) is 0.721. The monoisotopic (exact) mass is 309 g/mol. The molecule has 0 saturated carbocycles. The van der Waals surface area contributed by atoms with Gasteiger partial charge in [-0.3, -0.25) is 14.8 Å². The Hall–Kier alpha value is -3.35. The maximum Gasteiger partial charge on any atom is 0.437 e. The molecule has 0 atom stereocenters. The van der Waals surface area contributed by atoms with E-state index in [1.807, 2.05) is 59.4 Å². The number of carbonyl (C=O) groups excluding carboxylic acids is 1. The number of aromatic nitrogens is 3. The summed E-state index contributed by atoms with van der Waals surface area (Å²) < 4.78 is 3.50. The fraction of sp³-hybridized carbons (Fsp3) is 0.0625. The molecule has 7 heteroatoms. The third kappa shape index (κ3) is 3.46. The topological polar surface area (TPSA) is 73.4 Å². The van der Waals surface area contributed by atoms with Gasteiger partial charge < -0.3 is 4.57 Å². The molecular weight excluding hydrogens is 294 g/mol. The first kappa shape index (κ1) is 14.6. The molecule has 3 rings (SSSR count). The zero-order valence-electron chi connectivity index (χ0n) is 12.5. The molecule has 1 amide bonds. The number of oxime groups is 1. The van der Waals surface area contributed by atoms with Crippen molar-refractivity contribution in [3.63, 3.8) is 0 Å². The van der Waals surface area contributed by atoms with Gasteiger partial charge in [-0.25, -0.2) is 4.79 Å². The Morgan fingerprint density at radius 1 is 1.22 bits per heavy atom. The van der Waals surface area contributed by atoms with E-state index in [9.17, 15) is 4.79 Å². The number of anilines is 1. The molecular formula is C16H15N5O2. The second-order valence-corrected chi connectivity index (χ2v) is 4.74. The summed E-state index contributed by atoms with van der Waals surface area (Å²) in [4.78, 5) is 16.6. The first-order chi connectivity index (χ1) is 11.2. The molecule has 7 nitrogen and oxygen atoms in total. The third-order valence-electron chi connectivity index (χ3n) is 3.13. The lowest BCUT2D eigenvalue weighted by atomic mass is 10.2. The van der Waals surface area contributed by atoms with Gasteiger partial charge in [-0.2, -0.15) is 5.10 Å². The average molecular weight is 309 g/mol. The van der Waals surface area contributed by atoms with Crippen LogP contribution in [-0.4, -0.2) is 26.7 Å².